The van der Waals surface area contributed by atoms with E-state index in [9.17, 15) is 5.11 Å². The number of rotatable bonds is 8. The topological polar surface area (TPSA) is 38.7 Å². The van der Waals surface area contributed by atoms with E-state index in [4.69, 9.17) is 9.47 Å². The van der Waals surface area contributed by atoms with Crippen LogP contribution >= 0.6 is 0 Å². The fourth-order valence-electron chi connectivity index (χ4n) is 1.41. The summed E-state index contributed by atoms with van der Waals surface area (Å²) in [7, 11) is 0. The normalized spacial score (nSPS) is 12.4. The maximum atomic E-state index is 9.54. The predicted octanol–water partition coefficient (Wildman–Crippen LogP) is 2.08. The van der Waals surface area contributed by atoms with Gasteiger partial charge in [-0.25, -0.2) is 0 Å². The number of ether oxygens (including phenoxy) is 2. The molecule has 0 aliphatic rings. The lowest BCUT2D eigenvalue weighted by atomic mass is 10.1. The summed E-state index contributed by atoms with van der Waals surface area (Å²) in [6.45, 7) is 7.11. The van der Waals surface area contributed by atoms with E-state index in [1.165, 1.54) is 5.56 Å². The van der Waals surface area contributed by atoms with E-state index in [0.717, 1.165) is 5.56 Å². The van der Waals surface area contributed by atoms with Gasteiger partial charge >= 0.3 is 0 Å². The van der Waals surface area contributed by atoms with Gasteiger partial charge in [0.25, 0.3) is 0 Å². The number of aryl methyl sites for hydroxylation is 1. The zero-order valence-electron chi connectivity index (χ0n) is 10.3. The third kappa shape index (κ3) is 5.63. The lowest BCUT2D eigenvalue weighted by Crippen LogP contribution is -2.21. The highest BCUT2D eigenvalue weighted by molar-refractivity contribution is 5.24. The molecule has 1 aromatic carbocycles. The van der Waals surface area contributed by atoms with Crippen LogP contribution in [0.5, 0.6) is 0 Å². The van der Waals surface area contributed by atoms with E-state index in [-0.39, 0.29) is 13.2 Å². The Hall–Kier alpha value is -1.16. The Morgan fingerprint density at radius 2 is 2.00 bits per heavy atom. The van der Waals surface area contributed by atoms with Crippen molar-refractivity contribution in [2.24, 2.45) is 0 Å². The second-order valence-electron chi connectivity index (χ2n) is 3.92. The third-order valence-electron chi connectivity index (χ3n) is 2.37. The molecule has 1 atom stereocenters. The van der Waals surface area contributed by atoms with Crippen LogP contribution < -0.4 is 0 Å². The molecular formula is C14H20O3. The summed E-state index contributed by atoms with van der Waals surface area (Å²) in [5.74, 6) is 0. The van der Waals surface area contributed by atoms with Crippen LogP contribution in [0.3, 0.4) is 0 Å². The molecule has 0 aliphatic carbocycles. The van der Waals surface area contributed by atoms with Crippen molar-refractivity contribution < 1.29 is 14.6 Å². The molecule has 0 saturated carbocycles. The van der Waals surface area contributed by atoms with Crippen molar-refractivity contribution in [3.8, 4) is 0 Å². The van der Waals surface area contributed by atoms with Gasteiger partial charge in [-0.05, 0) is 18.1 Å². The number of benzene rings is 1. The molecular weight excluding hydrogens is 216 g/mol. The fourth-order valence-corrected chi connectivity index (χ4v) is 1.41. The molecule has 0 heterocycles. The Morgan fingerprint density at radius 1 is 1.29 bits per heavy atom. The lowest BCUT2D eigenvalue weighted by molar-refractivity contribution is -0.0179. The molecule has 0 amide bonds. The van der Waals surface area contributed by atoms with Gasteiger partial charge in [0.15, 0.2) is 0 Å². The quantitative estimate of drug-likeness (QED) is 0.555. The molecule has 0 radical (unpaired) electrons. The van der Waals surface area contributed by atoms with E-state index >= 15 is 0 Å². The number of aliphatic hydroxyl groups is 1. The smallest absolute Gasteiger partial charge is 0.101 e. The van der Waals surface area contributed by atoms with Gasteiger partial charge in [0.05, 0.1) is 26.4 Å². The molecule has 3 nitrogen and oxygen atoms in total. The van der Waals surface area contributed by atoms with Crippen LogP contribution in [0.1, 0.15) is 11.1 Å². The van der Waals surface area contributed by atoms with E-state index in [1.807, 2.05) is 31.2 Å². The maximum absolute atomic E-state index is 9.54. The Bertz CT molecular complexity index is 336. The molecule has 1 N–H and O–H groups in total. The molecule has 94 valence electrons. The molecule has 17 heavy (non-hydrogen) atoms. The highest BCUT2D eigenvalue weighted by Gasteiger charge is 2.04. The van der Waals surface area contributed by atoms with E-state index in [0.29, 0.717) is 13.2 Å². The standard InChI is InChI=1S/C14H20O3/c1-3-8-16-10-14(15)11-17-9-13-7-5-4-6-12(13)2/h3-7,14-15H,1,8-11H2,2H3. The minimum atomic E-state index is -0.584. The van der Waals surface area contributed by atoms with Gasteiger partial charge < -0.3 is 14.6 Å². The van der Waals surface area contributed by atoms with Crippen LogP contribution in [0.4, 0.5) is 0 Å². The highest BCUT2D eigenvalue weighted by atomic mass is 16.5. The van der Waals surface area contributed by atoms with E-state index < -0.39 is 6.10 Å². The summed E-state index contributed by atoms with van der Waals surface area (Å²) in [6.07, 6.45) is 1.07. The van der Waals surface area contributed by atoms with Gasteiger partial charge in [-0.15, -0.1) is 6.58 Å². The summed E-state index contributed by atoms with van der Waals surface area (Å²) in [5, 5.41) is 9.54. The van der Waals surface area contributed by atoms with E-state index in [2.05, 4.69) is 6.58 Å². The summed E-state index contributed by atoms with van der Waals surface area (Å²) >= 11 is 0. The SMILES string of the molecule is C=CCOCC(O)COCc1ccccc1C. The Morgan fingerprint density at radius 3 is 2.71 bits per heavy atom. The Kier molecular flexibility index (Phi) is 6.55. The van der Waals surface area contributed by atoms with E-state index in [1.54, 1.807) is 6.08 Å². The maximum Gasteiger partial charge on any atom is 0.101 e. The fraction of sp³-hybridized carbons (Fsp3) is 0.429. The van der Waals surface area contributed by atoms with Crippen molar-refractivity contribution >= 4 is 0 Å². The van der Waals surface area contributed by atoms with Crippen molar-refractivity contribution in [3.63, 3.8) is 0 Å². The van der Waals surface area contributed by atoms with Gasteiger partial charge in [0.2, 0.25) is 0 Å². The minimum absolute atomic E-state index is 0.278. The molecule has 1 unspecified atom stereocenters. The molecule has 1 rings (SSSR count). The summed E-state index contributed by atoms with van der Waals surface area (Å²) in [6, 6.07) is 8.05. The number of hydrogen-bond acceptors (Lipinski definition) is 3. The van der Waals surface area contributed by atoms with Crippen LogP contribution in [0.25, 0.3) is 0 Å². The van der Waals surface area contributed by atoms with Gasteiger partial charge in [-0.2, -0.15) is 0 Å². The highest BCUT2D eigenvalue weighted by Crippen LogP contribution is 2.08. The monoisotopic (exact) mass is 236 g/mol. The molecule has 0 fully saturated rings. The molecule has 0 bridgehead atoms. The summed E-state index contributed by atoms with van der Waals surface area (Å²) < 4.78 is 10.6. The molecule has 0 saturated heterocycles. The average molecular weight is 236 g/mol. The van der Waals surface area contributed by atoms with Crippen molar-refractivity contribution in [3.05, 3.63) is 48.0 Å². The molecule has 0 aromatic heterocycles. The minimum Gasteiger partial charge on any atom is -0.388 e. The lowest BCUT2D eigenvalue weighted by Gasteiger charge is -2.12. The van der Waals surface area contributed by atoms with Crippen molar-refractivity contribution in [2.45, 2.75) is 19.6 Å². The van der Waals surface area contributed by atoms with Crippen LogP contribution in [0, 0.1) is 6.92 Å². The predicted molar refractivity (Wildman–Crippen MR) is 67.9 cm³/mol. The zero-order chi connectivity index (χ0) is 12.5. The summed E-state index contributed by atoms with van der Waals surface area (Å²) in [5.41, 5.74) is 2.34. The number of hydrogen-bond donors (Lipinski definition) is 1. The second kappa shape index (κ2) is 8.01. The Balaban J connectivity index is 2.19. The first-order valence-corrected chi connectivity index (χ1v) is 5.73. The molecule has 1 aromatic rings. The Labute approximate surface area is 103 Å². The van der Waals surface area contributed by atoms with Gasteiger partial charge in [0.1, 0.15) is 6.10 Å². The summed E-state index contributed by atoms with van der Waals surface area (Å²) in [4.78, 5) is 0. The van der Waals surface area contributed by atoms with Crippen LogP contribution in [0.15, 0.2) is 36.9 Å². The van der Waals surface area contributed by atoms with Crippen LogP contribution in [-0.2, 0) is 16.1 Å². The van der Waals surface area contributed by atoms with Crippen LogP contribution in [-0.4, -0.2) is 31.0 Å². The van der Waals surface area contributed by atoms with Gasteiger partial charge in [0, 0.05) is 0 Å². The van der Waals surface area contributed by atoms with Gasteiger partial charge in [-0.3, -0.25) is 0 Å². The number of aliphatic hydroxyl groups excluding tert-OH is 1. The third-order valence-corrected chi connectivity index (χ3v) is 2.37. The van der Waals surface area contributed by atoms with Crippen molar-refractivity contribution in [1.29, 1.82) is 0 Å². The first-order chi connectivity index (χ1) is 8.24. The van der Waals surface area contributed by atoms with Crippen molar-refractivity contribution in [2.75, 3.05) is 19.8 Å². The first-order valence-electron chi connectivity index (χ1n) is 5.73. The molecule has 0 spiro atoms. The zero-order valence-corrected chi connectivity index (χ0v) is 10.3. The second-order valence-corrected chi connectivity index (χ2v) is 3.92. The molecule has 0 aliphatic heterocycles. The van der Waals surface area contributed by atoms with Crippen molar-refractivity contribution in [1.82, 2.24) is 0 Å². The molecule has 3 heteroatoms. The first kappa shape index (κ1) is 13.9. The average Bonchev–Trinajstić information content (AvgIpc) is 2.32. The van der Waals surface area contributed by atoms with Gasteiger partial charge in [-0.1, -0.05) is 30.3 Å². The largest absolute Gasteiger partial charge is 0.388 e. The van der Waals surface area contributed by atoms with Crippen LogP contribution in [0.2, 0.25) is 0 Å².